The van der Waals surface area contributed by atoms with Gasteiger partial charge in [-0.05, 0) is 43.7 Å². The molecule has 1 aromatic carbocycles. The first-order chi connectivity index (χ1) is 9.79. The molecule has 0 bridgehead atoms. The molecule has 110 valence electrons. The Morgan fingerprint density at radius 3 is 3.05 bits per heavy atom. The van der Waals surface area contributed by atoms with Crippen molar-refractivity contribution in [2.24, 2.45) is 0 Å². The molecule has 3 nitrogen and oxygen atoms in total. The first-order valence-electron chi connectivity index (χ1n) is 7.61. The van der Waals surface area contributed by atoms with Crippen molar-refractivity contribution in [3.8, 4) is 0 Å². The minimum atomic E-state index is 0.434. The van der Waals surface area contributed by atoms with Crippen molar-refractivity contribution < 1.29 is 4.74 Å². The van der Waals surface area contributed by atoms with Crippen LogP contribution in [0.1, 0.15) is 31.2 Å². The largest absolute Gasteiger partial charge is 0.374 e. The number of hydrogen-bond donors (Lipinski definition) is 1. The summed E-state index contributed by atoms with van der Waals surface area (Å²) in [5.41, 5.74) is 2.75. The van der Waals surface area contributed by atoms with Crippen molar-refractivity contribution in [2.75, 3.05) is 25.1 Å². The van der Waals surface area contributed by atoms with Crippen molar-refractivity contribution in [1.29, 1.82) is 0 Å². The minimum absolute atomic E-state index is 0.434. The molecule has 0 radical (unpaired) electrons. The smallest absolute Gasteiger partial charge is 0.0779 e. The Kier molecular flexibility index (Phi) is 4.64. The van der Waals surface area contributed by atoms with Gasteiger partial charge in [-0.2, -0.15) is 0 Å². The highest BCUT2D eigenvalue weighted by molar-refractivity contribution is 9.10. The van der Waals surface area contributed by atoms with Gasteiger partial charge in [0.05, 0.1) is 18.8 Å². The average Bonchev–Trinajstić information content (AvgIpc) is 2.47. The molecule has 1 aliphatic heterocycles. The predicted molar refractivity (Wildman–Crippen MR) is 86.2 cm³/mol. The van der Waals surface area contributed by atoms with E-state index in [4.69, 9.17) is 4.74 Å². The first kappa shape index (κ1) is 14.4. The van der Waals surface area contributed by atoms with Gasteiger partial charge >= 0.3 is 0 Å². The van der Waals surface area contributed by atoms with Crippen LogP contribution in [-0.2, 0) is 11.3 Å². The van der Waals surface area contributed by atoms with Crippen molar-refractivity contribution in [3.05, 3.63) is 28.2 Å². The number of hydrogen-bond acceptors (Lipinski definition) is 3. The maximum Gasteiger partial charge on any atom is 0.0779 e. The summed E-state index contributed by atoms with van der Waals surface area (Å²) in [6.07, 6.45) is 5.57. The Balaban J connectivity index is 1.90. The molecule has 1 aromatic rings. The van der Waals surface area contributed by atoms with Crippen LogP contribution in [0.25, 0.3) is 0 Å². The minimum Gasteiger partial charge on any atom is -0.374 e. The lowest BCUT2D eigenvalue weighted by atomic mass is 9.89. The lowest BCUT2D eigenvalue weighted by Crippen LogP contribution is -2.53. The van der Waals surface area contributed by atoms with Crippen LogP contribution in [0.5, 0.6) is 0 Å². The highest BCUT2D eigenvalue weighted by atomic mass is 79.9. The molecule has 20 heavy (non-hydrogen) atoms. The predicted octanol–water partition coefficient (Wildman–Crippen LogP) is 3.32. The molecule has 2 fully saturated rings. The number of halogens is 1. The summed E-state index contributed by atoms with van der Waals surface area (Å²) in [4.78, 5) is 2.59. The molecule has 1 N–H and O–H groups in total. The van der Waals surface area contributed by atoms with Gasteiger partial charge in [0.2, 0.25) is 0 Å². The van der Waals surface area contributed by atoms with Gasteiger partial charge in [0.25, 0.3) is 0 Å². The lowest BCUT2D eigenvalue weighted by Gasteiger charge is -2.45. The summed E-state index contributed by atoms with van der Waals surface area (Å²) in [7, 11) is 2.01. The van der Waals surface area contributed by atoms with Crippen LogP contribution in [0, 0.1) is 0 Å². The Morgan fingerprint density at radius 1 is 1.35 bits per heavy atom. The number of fused-ring (bicyclic) bond motifs is 1. The van der Waals surface area contributed by atoms with E-state index >= 15 is 0 Å². The number of morpholine rings is 1. The van der Waals surface area contributed by atoms with Crippen LogP contribution < -0.4 is 10.2 Å². The lowest BCUT2D eigenvalue weighted by molar-refractivity contribution is -0.00874. The van der Waals surface area contributed by atoms with E-state index in [0.29, 0.717) is 12.1 Å². The van der Waals surface area contributed by atoms with E-state index in [2.05, 4.69) is 44.3 Å². The van der Waals surface area contributed by atoms with Gasteiger partial charge in [0, 0.05) is 23.2 Å². The third-order valence-electron chi connectivity index (χ3n) is 4.45. The molecule has 1 saturated carbocycles. The zero-order valence-corrected chi connectivity index (χ0v) is 13.7. The summed E-state index contributed by atoms with van der Waals surface area (Å²) in [5, 5.41) is 3.28. The van der Waals surface area contributed by atoms with E-state index in [1.54, 1.807) is 0 Å². The monoisotopic (exact) mass is 338 g/mol. The summed E-state index contributed by atoms with van der Waals surface area (Å²) in [6, 6.07) is 7.21. The Bertz CT molecular complexity index is 464. The molecule has 2 atom stereocenters. The summed E-state index contributed by atoms with van der Waals surface area (Å²) < 4.78 is 7.14. The molecule has 0 amide bonds. The van der Waals surface area contributed by atoms with Crippen molar-refractivity contribution in [1.82, 2.24) is 5.32 Å². The molecular formula is C16H23BrN2O. The maximum absolute atomic E-state index is 5.99. The second-order valence-electron chi connectivity index (χ2n) is 5.76. The molecule has 2 unspecified atom stereocenters. The number of ether oxygens (including phenoxy) is 1. The van der Waals surface area contributed by atoms with Crippen LogP contribution in [0.15, 0.2) is 22.7 Å². The Hall–Kier alpha value is -0.580. The molecule has 1 heterocycles. The summed E-state index contributed by atoms with van der Waals surface area (Å²) in [5.74, 6) is 0. The van der Waals surface area contributed by atoms with Gasteiger partial charge in [0.15, 0.2) is 0 Å². The first-order valence-corrected chi connectivity index (χ1v) is 8.40. The summed E-state index contributed by atoms with van der Waals surface area (Å²) >= 11 is 3.59. The number of anilines is 1. The van der Waals surface area contributed by atoms with Gasteiger partial charge in [-0.3, -0.25) is 0 Å². The maximum atomic E-state index is 5.99. The average molecular weight is 339 g/mol. The van der Waals surface area contributed by atoms with E-state index < -0.39 is 0 Å². The zero-order chi connectivity index (χ0) is 13.9. The topological polar surface area (TPSA) is 24.5 Å². The fraction of sp³-hybridized carbons (Fsp3) is 0.625. The van der Waals surface area contributed by atoms with E-state index in [1.165, 1.54) is 36.9 Å². The Labute approximate surface area is 129 Å². The molecule has 0 aromatic heterocycles. The van der Waals surface area contributed by atoms with Gasteiger partial charge in [0.1, 0.15) is 0 Å². The standard InChI is InChI=1S/C16H23BrN2O/c1-18-11-12-10-13(17)6-7-14(12)19-8-9-20-16-5-3-2-4-15(16)19/h6-7,10,15-16,18H,2-5,8-9,11H2,1H3. The second-order valence-corrected chi connectivity index (χ2v) is 6.67. The number of rotatable bonds is 3. The Morgan fingerprint density at radius 2 is 2.20 bits per heavy atom. The molecule has 1 saturated heterocycles. The van der Waals surface area contributed by atoms with E-state index in [9.17, 15) is 0 Å². The molecule has 1 aliphatic carbocycles. The van der Waals surface area contributed by atoms with E-state index in [-0.39, 0.29) is 0 Å². The molecule has 3 rings (SSSR count). The quantitative estimate of drug-likeness (QED) is 0.914. The second kappa shape index (κ2) is 6.46. The molecule has 2 aliphatic rings. The van der Waals surface area contributed by atoms with Crippen molar-refractivity contribution in [3.63, 3.8) is 0 Å². The third kappa shape index (κ3) is 2.87. The number of nitrogens with zero attached hydrogens (tertiary/aromatic N) is 1. The van der Waals surface area contributed by atoms with Crippen LogP contribution in [-0.4, -0.2) is 32.3 Å². The molecule has 0 spiro atoms. The number of benzene rings is 1. The van der Waals surface area contributed by atoms with Crippen LogP contribution in [0.3, 0.4) is 0 Å². The highest BCUT2D eigenvalue weighted by Gasteiger charge is 2.34. The third-order valence-corrected chi connectivity index (χ3v) is 4.94. The van der Waals surface area contributed by atoms with E-state index in [0.717, 1.165) is 24.2 Å². The van der Waals surface area contributed by atoms with Gasteiger partial charge in [-0.25, -0.2) is 0 Å². The van der Waals surface area contributed by atoms with E-state index in [1.807, 2.05) is 7.05 Å². The SMILES string of the molecule is CNCc1cc(Br)ccc1N1CCOC2CCCCC21. The fourth-order valence-corrected chi connectivity index (χ4v) is 3.97. The van der Waals surface area contributed by atoms with Crippen LogP contribution in [0.4, 0.5) is 5.69 Å². The molecular weight excluding hydrogens is 316 g/mol. The van der Waals surface area contributed by atoms with Crippen LogP contribution >= 0.6 is 15.9 Å². The fourth-order valence-electron chi connectivity index (χ4n) is 3.56. The highest BCUT2D eigenvalue weighted by Crippen LogP contribution is 2.34. The van der Waals surface area contributed by atoms with Crippen molar-refractivity contribution in [2.45, 2.75) is 44.4 Å². The van der Waals surface area contributed by atoms with Gasteiger partial charge < -0.3 is 15.0 Å². The zero-order valence-electron chi connectivity index (χ0n) is 12.1. The van der Waals surface area contributed by atoms with Gasteiger partial charge in [-0.15, -0.1) is 0 Å². The van der Waals surface area contributed by atoms with Crippen LogP contribution in [0.2, 0.25) is 0 Å². The number of nitrogens with one attached hydrogen (secondary N) is 1. The van der Waals surface area contributed by atoms with Gasteiger partial charge in [-0.1, -0.05) is 28.8 Å². The van der Waals surface area contributed by atoms with Crippen molar-refractivity contribution >= 4 is 21.6 Å². The summed E-state index contributed by atoms with van der Waals surface area (Å²) in [6.45, 7) is 2.78. The normalized spacial score (nSPS) is 26.4. The molecule has 4 heteroatoms.